The number of alkyl halides is 3. The summed E-state index contributed by atoms with van der Waals surface area (Å²) in [4.78, 5) is -3.14. The van der Waals surface area contributed by atoms with Gasteiger partial charge in [0.15, 0.2) is 0 Å². The van der Waals surface area contributed by atoms with Gasteiger partial charge in [-0.1, -0.05) is 22.0 Å². The Kier molecular flexibility index (Phi) is 2.35. The molecule has 0 aliphatic heterocycles. The van der Waals surface area contributed by atoms with E-state index in [0.717, 1.165) is 4.47 Å². The first-order valence-electron chi connectivity index (χ1n) is 3.69. The summed E-state index contributed by atoms with van der Waals surface area (Å²) >= 11 is 5.48. The van der Waals surface area contributed by atoms with Gasteiger partial charge >= 0.3 is 4.96 Å². The maximum Gasteiger partial charge on any atom is 0.401 e. The molecular weight excluding hydrogens is 322 g/mol. The lowest BCUT2D eigenvalue weighted by molar-refractivity contribution is 0.0207. The molecule has 1 heterocycles. The van der Waals surface area contributed by atoms with Gasteiger partial charge in [-0.05, 0) is 12.1 Å². The zero-order valence-corrected chi connectivity index (χ0v) is 9.89. The number of rotatable bonds is 1. The fourth-order valence-corrected chi connectivity index (χ4v) is 1.65. The lowest BCUT2D eigenvalue weighted by atomic mass is 10.3. The van der Waals surface area contributed by atoms with Gasteiger partial charge in [-0.2, -0.15) is 18.6 Å². The Morgan fingerprint density at radius 1 is 1.36 bits per heavy atom. The van der Waals surface area contributed by atoms with Crippen molar-refractivity contribution in [2.75, 3.05) is 0 Å². The summed E-state index contributed by atoms with van der Waals surface area (Å²) in [6.07, 6.45) is 1.29. The number of aromatic nitrogens is 2. The maximum atomic E-state index is 12.8. The lowest BCUT2D eigenvalue weighted by Gasteiger charge is -2.06. The highest BCUT2D eigenvalue weighted by Gasteiger charge is 2.27. The van der Waals surface area contributed by atoms with Crippen molar-refractivity contribution in [2.45, 2.75) is 4.96 Å². The second kappa shape index (κ2) is 3.27. The zero-order valence-electron chi connectivity index (χ0n) is 6.72. The summed E-state index contributed by atoms with van der Waals surface area (Å²) in [6.45, 7) is 0. The molecule has 0 aliphatic carbocycles. The van der Waals surface area contributed by atoms with Gasteiger partial charge in [0.05, 0.1) is 5.52 Å². The SMILES string of the molecule is FC(F)(Br)n1cc2ccc(Br)cc2n1. The van der Waals surface area contributed by atoms with Gasteiger partial charge in [-0.3, -0.25) is 0 Å². The van der Waals surface area contributed by atoms with Crippen molar-refractivity contribution < 1.29 is 8.78 Å². The van der Waals surface area contributed by atoms with E-state index in [0.29, 0.717) is 15.6 Å². The van der Waals surface area contributed by atoms with Crippen molar-refractivity contribution in [1.29, 1.82) is 0 Å². The Hall–Kier alpha value is -0.490. The smallest absolute Gasteiger partial charge is 0.198 e. The molecule has 0 N–H and O–H groups in total. The van der Waals surface area contributed by atoms with Gasteiger partial charge in [-0.25, -0.2) is 0 Å². The molecule has 0 spiro atoms. The molecule has 1 aromatic carbocycles. The van der Waals surface area contributed by atoms with Crippen LogP contribution in [0, 0.1) is 0 Å². The summed E-state index contributed by atoms with van der Waals surface area (Å²) in [5.74, 6) is 0. The van der Waals surface area contributed by atoms with E-state index in [1.807, 2.05) is 0 Å². The summed E-state index contributed by atoms with van der Waals surface area (Å²) in [5, 5.41) is 4.41. The van der Waals surface area contributed by atoms with Crippen molar-refractivity contribution in [2.24, 2.45) is 0 Å². The molecule has 0 amide bonds. The molecule has 2 aromatic rings. The highest BCUT2D eigenvalue weighted by atomic mass is 79.9. The van der Waals surface area contributed by atoms with Gasteiger partial charge in [0, 0.05) is 32.0 Å². The number of fused-ring (bicyclic) bond motifs is 1. The molecule has 1 aromatic heterocycles. The van der Waals surface area contributed by atoms with Crippen LogP contribution in [0.1, 0.15) is 0 Å². The Balaban J connectivity index is 2.63. The van der Waals surface area contributed by atoms with E-state index in [9.17, 15) is 8.78 Å². The van der Waals surface area contributed by atoms with Crippen molar-refractivity contribution in [3.63, 3.8) is 0 Å². The number of benzene rings is 1. The molecule has 0 unspecified atom stereocenters. The van der Waals surface area contributed by atoms with Crippen LogP contribution >= 0.6 is 31.9 Å². The molecule has 74 valence electrons. The molecule has 0 saturated heterocycles. The first-order chi connectivity index (χ1) is 6.47. The molecule has 2 nitrogen and oxygen atoms in total. The molecule has 14 heavy (non-hydrogen) atoms. The fourth-order valence-electron chi connectivity index (χ4n) is 1.12. The van der Waals surface area contributed by atoms with Crippen molar-refractivity contribution in [3.8, 4) is 0 Å². The molecule has 0 radical (unpaired) electrons. The third kappa shape index (κ3) is 1.81. The minimum absolute atomic E-state index is 0.526. The average molecular weight is 326 g/mol. The first-order valence-corrected chi connectivity index (χ1v) is 5.27. The van der Waals surface area contributed by atoms with E-state index >= 15 is 0 Å². The molecule has 0 atom stereocenters. The topological polar surface area (TPSA) is 17.8 Å². The monoisotopic (exact) mass is 324 g/mol. The molecule has 2 rings (SSSR count). The molecular formula is C8H4Br2F2N2. The average Bonchev–Trinajstić information content (AvgIpc) is 2.45. The van der Waals surface area contributed by atoms with Crippen LogP contribution in [0.2, 0.25) is 0 Å². The molecule has 0 saturated carbocycles. The summed E-state index contributed by atoms with van der Waals surface area (Å²) < 4.78 is 27.0. The van der Waals surface area contributed by atoms with Gasteiger partial charge < -0.3 is 0 Å². The van der Waals surface area contributed by atoms with Gasteiger partial charge in [-0.15, -0.1) is 0 Å². The summed E-state index contributed by atoms with van der Waals surface area (Å²) in [5.41, 5.74) is 0.526. The second-order valence-electron chi connectivity index (χ2n) is 2.74. The molecule has 0 fully saturated rings. The number of nitrogens with zero attached hydrogens (tertiary/aromatic N) is 2. The summed E-state index contributed by atoms with van der Waals surface area (Å²) in [7, 11) is 0. The third-order valence-electron chi connectivity index (χ3n) is 1.73. The minimum Gasteiger partial charge on any atom is -0.198 e. The number of hydrogen-bond donors (Lipinski definition) is 0. The van der Waals surface area contributed by atoms with Crippen molar-refractivity contribution >= 4 is 42.8 Å². The Bertz CT molecular complexity index is 476. The van der Waals surface area contributed by atoms with Crippen LogP contribution in [0.25, 0.3) is 10.9 Å². The van der Waals surface area contributed by atoms with Crippen LogP contribution in [-0.4, -0.2) is 9.78 Å². The number of hydrogen-bond acceptors (Lipinski definition) is 1. The van der Waals surface area contributed by atoms with E-state index in [1.54, 1.807) is 18.2 Å². The lowest BCUT2D eigenvalue weighted by Crippen LogP contribution is -2.14. The highest BCUT2D eigenvalue weighted by molar-refractivity contribution is 9.10. The fraction of sp³-hybridized carbons (Fsp3) is 0.125. The zero-order chi connectivity index (χ0) is 10.3. The Morgan fingerprint density at radius 3 is 2.71 bits per heavy atom. The van der Waals surface area contributed by atoms with E-state index in [1.165, 1.54) is 6.20 Å². The largest absolute Gasteiger partial charge is 0.401 e. The van der Waals surface area contributed by atoms with Crippen LogP contribution in [0.4, 0.5) is 8.78 Å². The van der Waals surface area contributed by atoms with E-state index in [-0.39, 0.29) is 0 Å². The van der Waals surface area contributed by atoms with E-state index in [4.69, 9.17) is 0 Å². The minimum atomic E-state index is -3.14. The predicted octanol–water partition coefficient (Wildman–Crippen LogP) is 3.70. The second-order valence-corrected chi connectivity index (χ2v) is 4.61. The third-order valence-corrected chi connectivity index (χ3v) is 2.59. The van der Waals surface area contributed by atoms with E-state index in [2.05, 4.69) is 37.0 Å². The van der Waals surface area contributed by atoms with Crippen LogP contribution in [0.3, 0.4) is 0 Å². The molecule has 0 aliphatic rings. The van der Waals surface area contributed by atoms with Crippen LogP contribution in [0.15, 0.2) is 28.9 Å². The Morgan fingerprint density at radius 2 is 2.07 bits per heavy atom. The standard InChI is InChI=1S/C8H4Br2F2N2/c9-6-2-1-5-4-14(8(10,11)12)13-7(5)3-6/h1-4H. The maximum absolute atomic E-state index is 12.8. The number of halogens is 4. The normalized spacial score (nSPS) is 12.3. The quantitative estimate of drug-likeness (QED) is 0.731. The molecule has 6 heteroatoms. The highest BCUT2D eigenvalue weighted by Crippen LogP contribution is 2.29. The van der Waals surface area contributed by atoms with Gasteiger partial charge in [0.2, 0.25) is 0 Å². The first kappa shape index (κ1) is 10.0. The predicted molar refractivity (Wildman–Crippen MR) is 56.6 cm³/mol. The van der Waals surface area contributed by atoms with E-state index < -0.39 is 4.96 Å². The summed E-state index contributed by atoms with van der Waals surface area (Å²) in [6, 6.07) is 5.19. The molecule has 0 bridgehead atoms. The van der Waals surface area contributed by atoms with Crippen LogP contribution in [-0.2, 0) is 4.96 Å². The van der Waals surface area contributed by atoms with Gasteiger partial charge in [0.25, 0.3) is 0 Å². The van der Waals surface area contributed by atoms with Crippen LogP contribution in [0.5, 0.6) is 0 Å². The van der Waals surface area contributed by atoms with Crippen LogP contribution < -0.4 is 0 Å². The van der Waals surface area contributed by atoms with Gasteiger partial charge in [0.1, 0.15) is 0 Å². The van der Waals surface area contributed by atoms with Crippen molar-refractivity contribution in [1.82, 2.24) is 9.78 Å². The van der Waals surface area contributed by atoms with Crippen molar-refractivity contribution in [3.05, 3.63) is 28.9 Å². The Labute approximate surface area is 95.2 Å².